The van der Waals surface area contributed by atoms with Gasteiger partial charge in [0.1, 0.15) is 11.6 Å². The van der Waals surface area contributed by atoms with Gasteiger partial charge >= 0.3 is 6.18 Å². The van der Waals surface area contributed by atoms with Gasteiger partial charge in [0, 0.05) is 43.1 Å². The van der Waals surface area contributed by atoms with Crippen LogP contribution in [-0.4, -0.2) is 50.7 Å². The second-order valence-electron chi connectivity index (χ2n) is 8.35. The first kappa shape index (κ1) is 22.0. The molecule has 0 aliphatic carbocycles. The quantitative estimate of drug-likeness (QED) is 0.394. The van der Waals surface area contributed by atoms with Crippen LogP contribution in [-0.2, 0) is 19.8 Å². The fourth-order valence-corrected chi connectivity index (χ4v) is 4.16. The predicted molar refractivity (Wildman–Crippen MR) is 121 cm³/mol. The van der Waals surface area contributed by atoms with Gasteiger partial charge in [-0.1, -0.05) is 0 Å². The first-order valence-electron chi connectivity index (χ1n) is 11.0. The molecule has 0 aromatic carbocycles. The van der Waals surface area contributed by atoms with Crippen molar-refractivity contribution in [1.82, 2.24) is 44.1 Å². The smallest absolute Gasteiger partial charge is 0.419 e. The first-order chi connectivity index (χ1) is 17.3. The molecule has 1 N–H and O–H groups in total. The maximum absolute atomic E-state index is 13.0. The number of nitrogens with zero attached hydrogens (tertiary/aromatic N) is 9. The number of halogens is 3. The maximum Gasteiger partial charge on any atom is 0.419 e. The SMILES string of the molecule is Cn1nccc1Nc1nccc(-c2cc3n4c(nnc4c2)[C@H](Cn2cc(C(F)(F)F)cn2)CCO3)n1. The van der Waals surface area contributed by atoms with Crippen molar-refractivity contribution in [2.75, 3.05) is 11.9 Å². The Hall–Kier alpha value is -4.49. The van der Waals surface area contributed by atoms with Crippen LogP contribution in [0.5, 0.6) is 5.88 Å². The Morgan fingerprint density at radius 2 is 2.03 bits per heavy atom. The average Bonchev–Trinajstić information content (AvgIpc) is 3.56. The van der Waals surface area contributed by atoms with E-state index in [4.69, 9.17) is 4.74 Å². The van der Waals surface area contributed by atoms with Crippen LogP contribution in [0.1, 0.15) is 23.7 Å². The van der Waals surface area contributed by atoms with Crippen LogP contribution in [0.3, 0.4) is 0 Å². The van der Waals surface area contributed by atoms with Gasteiger partial charge in [-0.05, 0) is 18.6 Å². The molecule has 0 saturated carbocycles. The van der Waals surface area contributed by atoms with Crippen LogP contribution in [0.25, 0.3) is 16.9 Å². The Bertz CT molecular complexity index is 1550. The number of rotatable bonds is 5. The van der Waals surface area contributed by atoms with E-state index in [1.165, 1.54) is 4.68 Å². The number of anilines is 2. The monoisotopic (exact) mass is 496 g/mol. The van der Waals surface area contributed by atoms with Crippen molar-refractivity contribution in [1.29, 1.82) is 0 Å². The van der Waals surface area contributed by atoms with Crippen molar-refractivity contribution in [3.05, 3.63) is 60.4 Å². The van der Waals surface area contributed by atoms with E-state index in [0.29, 0.717) is 42.0 Å². The molecule has 6 rings (SSSR count). The summed E-state index contributed by atoms with van der Waals surface area (Å²) >= 11 is 0. The molecule has 36 heavy (non-hydrogen) atoms. The third-order valence-corrected chi connectivity index (χ3v) is 5.96. The number of aryl methyl sites for hydroxylation is 1. The van der Waals surface area contributed by atoms with E-state index in [-0.39, 0.29) is 12.5 Å². The van der Waals surface area contributed by atoms with E-state index in [1.807, 2.05) is 25.2 Å². The highest BCUT2D eigenvalue weighted by atomic mass is 19.4. The largest absolute Gasteiger partial charge is 0.478 e. The summed E-state index contributed by atoms with van der Waals surface area (Å²) in [6.07, 6.45) is 1.24. The molecule has 0 spiro atoms. The summed E-state index contributed by atoms with van der Waals surface area (Å²) in [5.41, 5.74) is 1.16. The highest BCUT2D eigenvalue weighted by molar-refractivity contribution is 5.67. The molecular weight excluding hydrogens is 477 g/mol. The van der Waals surface area contributed by atoms with Crippen molar-refractivity contribution in [3.8, 4) is 17.1 Å². The average molecular weight is 496 g/mol. The summed E-state index contributed by atoms with van der Waals surface area (Å²) in [7, 11) is 1.81. The molecule has 6 heterocycles. The fraction of sp³-hybridized carbons (Fsp3) is 0.273. The number of hydrogen-bond donors (Lipinski definition) is 1. The van der Waals surface area contributed by atoms with Crippen LogP contribution in [0.15, 0.2) is 49.1 Å². The van der Waals surface area contributed by atoms with Gasteiger partial charge in [0.25, 0.3) is 0 Å². The van der Waals surface area contributed by atoms with Crippen molar-refractivity contribution in [3.63, 3.8) is 0 Å². The van der Waals surface area contributed by atoms with Crippen LogP contribution in [0.4, 0.5) is 24.9 Å². The van der Waals surface area contributed by atoms with Gasteiger partial charge in [0.2, 0.25) is 11.8 Å². The van der Waals surface area contributed by atoms with E-state index < -0.39 is 11.7 Å². The summed E-state index contributed by atoms with van der Waals surface area (Å²) in [6, 6.07) is 7.26. The van der Waals surface area contributed by atoms with E-state index >= 15 is 0 Å². The van der Waals surface area contributed by atoms with Gasteiger partial charge in [0.05, 0.1) is 36.8 Å². The lowest BCUT2D eigenvalue weighted by Gasteiger charge is -2.12. The lowest BCUT2D eigenvalue weighted by atomic mass is 10.1. The Morgan fingerprint density at radius 1 is 1.14 bits per heavy atom. The summed E-state index contributed by atoms with van der Waals surface area (Å²) in [4.78, 5) is 8.88. The number of hydrogen-bond acceptors (Lipinski definition) is 8. The van der Waals surface area contributed by atoms with Crippen molar-refractivity contribution in [2.45, 2.75) is 25.1 Å². The summed E-state index contributed by atoms with van der Waals surface area (Å²) in [5.74, 6) is 2.05. The molecule has 0 unspecified atom stereocenters. The first-order valence-corrected chi connectivity index (χ1v) is 11.0. The number of pyridine rings is 1. The van der Waals surface area contributed by atoms with Gasteiger partial charge in [0.15, 0.2) is 5.65 Å². The van der Waals surface area contributed by atoms with Crippen molar-refractivity contribution < 1.29 is 17.9 Å². The normalized spacial score (nSPS) is 15.6. The molecule has 1 aliphatic rings. The van der Waals surface area contributed by atoms with Crippen molar-refractivity contribution in [2.24, 2.45) is 7.05 Å². The number of ether oxygens (including phenoxy) is 1. The molecule has 5 aromatic heterocycles. The van der Waals surface area contributed by atoms with Gasteiger partial charge < -0.3 is 10.1 Å². The minimum Gasteiger partial charge on any atom is -0.478 e. The zero-order valence-electron chi connectivity index (χ0n) is 18.9. The lowest BCUT2D eigenvalue weighted by molar-refractivity contribution is -0.137. The van der Waals surface area contributed by atoms with Gasteiger partial charge in [-0.2, -0.15) is 23.4 Å². The second-order valence-corrected chi connectivity index (χ2v) is 8.35. The fourth-order valence-electron chi connectivity index (χ4n) is 4.16. The second kappa shape index (κ2) is 8.32. The summed E-state index contributed by atoms with van der Waals surface area (Å²) < 4.78 is 49.7. The Morgan fingerprint density at radius 3 is 2.81 bits per heavy atom. The lowest BCUT2D eigenvalue weighted by Crippen LogP contribution is -2.13. The Balaban J connectivity index is 1.31. The van der Waals surface area contributed by atoms with Crippen LogP contribution >= 0.6 is 0 Å². The predicted octanol–water partition coefficient (Wildman–Crippen LogP) is 3.45. The van der Waals surface area contributed by atoms with Crippen LogP contribution in [0.2, 0.25) is 0 Å². The third kappa shape index (κ3) is 3.99. The molecule has 0 saturated heterocycles. The standard InChI is InChI=1S/C22H19F3N10O/c1-33-17(3-6-27-33)30-21-26-5-2-16(29-21)14-8-18-31-32-20-13(4-7-36-19(9-14)35(18)20)11-34-12-15(10-28-34)22(23,24)25/h2-3,5-6,8-10,12-13H,4,7,11H2,1H3,(H,26,29,30)/t13-/m0/s1. The van der Waals surface area contributed by atoms with Gasteiger partial charge in [-0.3, -0.25) is 9.36 Å². The highest BCUT2D eigenvalue weighted by Gasteiger charge is 2.33. The van der Waals surface area contributed by atoms with Crippen molar-refractivity contribution >= 4 is 17.4 Å². The zero-order chi connectivity index (χ0) is 24.9. The molecule has 14 heteroatoms. The molecule has 1 aliphatic heterocycles. The Labute approximate surface area is 201 Å². The maximum atomic E-state index is 13.0. The highest BCUT2D eigenvalue weighted by Crippen LogP contribution is 2.33. The van der Waals surface area contributed by atoms with Gasteiger partial charge in [-0.25, -0.2) is 14.4 Å². The molecule has 5 aromatic rings. The minimum absolute atomic E-state index is 0.219. The molecule has 1 atom stereocenters. The zero-order valence-corrected chi connectivity index (χ0v) is 18.9. The van der Waals surface area contributed by atoms with Crippen LogP contribution in [0, 0.1) is 0 Å². The summed E-state index contributed by atoms with van der Waals surface area (Å²) in [5, 5.41) is 19.8. The number of nitrogens with one attached hydrogen (secondary N) is 1. The Kier molecular flexibility index (Phi) is 5.09. The van der Waals surface area contributed by atoms with E-state index in [1.54, 1.807) is 27.5 Å². The minimum atomic E-state index is -4.44. The molecule has 0 fully saturated rings. The van der Waals surface area contributed by atoms with E-state index in [0.717, 1.165) is 23.8 Å². The molecular formula is C22H19F3N10O. The van der Waals surface area contributed by atoms with E-state index in [9.17, 15) is 13.2 Å². The van der Waals surface area contributed by atoms with Gasteiger partial charge in [-0.15, -0.1) is 10.2 Å². The molecule has 0 radical (unpaired) electrons. The number of alkyl halides is 3. The van der Waals surface area contributed by atoms with E-state index in [2.05, 4.69) is 35.7 Å². The number of aromatic nitrogens is 9. The third-order valence-electron chi connectivity index (χ3n) is 5.96. The molecule has 0 amide bonds. The topological polar surface area (TPSA) is 113 Å². The molecule has 11 nitrogen and oxygen atoms in total. The molecule has 0 bridgehead atoms. The summed E-state index contributed by atoms with van der Waals surface area (Å²) in [6.45, 7) is 0.577. The van der Waals surface area contributed by atoms with Crippen LogP contribution < -0.4 is 10.1 Å². The molecule has 184 valence electrons.